The number of nitrogens with zero attached hydrogens (tertiary/aromatic N) is 4. The van der Waals surface area contributed by atoms with Crippen molar-refractivity contribution >= 4 is 62.1 Å². The lowest BCUT2D eigenvalue weighted by Crippen LogP contribution is -2.06. The molecule has 57 heavy (non-hydrogen) atoms. The van der Waals surface area contributed by atoms with Crippen LogP contribution in [0, 0.1) is 0 Å². The summed E-state index contributed by atoms with van der Waals surface area (Å²) in [5, 5.41) is 4.56. The minimum atomic E-state index is 0.473. The summed E-state index contributed by atoms with van der Waals surface area (Å²) in [7, 11) is 0. The van der Waals surface area contributed by atoms with Crippen LogP contribution in [0.3, 0.4) is 0 Å². The maximum atomic E-state index is 6.27. The highest BCUT2D eigenvalue weighted by atomic mass is 16.3. The Labute approximate surface area is 331 Å². The van der Waals surface area contributed by atoms with E-state index in [1.807, 2.05) is 85.8 Å². The summed E-state index contributed by atoms with van der Waals surface area (Å²) >= 11 is 0. The molecule has 0 amide bonds. The van der Waals surface area contributed by atoms with E-state index in [1.165, 1.54) is 0 Å². The quantitative estimate of drug-likeness (QED) is 0.0871. The monoisotopic (exact) mass is 734 g/mol. The van der Waals surface area contributed by atoms with Crippen LogP contribution < -0.4 is 0 Å². The number of hydrogen-bond acceptors (Lipinski definition) is 2. The van der Waals surface area contributed by atoms with Crippen LogP contribution in [0.1, 0.15) is 18.1 Å². The first-order valence-electron chi connectivity index (χ1n) is 19.0. The zero-order valence-corrected chi connectivity index (χ0v) is 31.5. The number of furan rings is 1. The van der Waals surface area contributed by atoms with Crippen molar-refractivity contribution < 1.29 is 4.42 Å². The van der Waals surface area contributed by atoms with Crippen LogP contribution in [0.2, 0.25) is 0 Å². The fourth-order valence-corrected chi connectivity index (χ4v) is 7.48. The second-order valence-electron chi connectivity index (χ2n) is 13.7. The highest BCUT2D eigenvalue weighted by Gasteiger charge is 2.19. The third-order valence-electron chi connectivity index (χ3n) is 10.2. The molecule has 2 aromatic heterocycles. The summed E-state index contributed by atoms with van der Waals surface area (Å²) in [6.07, 6.45) is 11.5. The molecule has 0 radical (unpaired) electrons. The van der Waals surface area contributed by atoms with Gasteiger partial charge < -0.3 is 8.98 Å². The minimum Gasteiger partial charge on any atom is -0.456 e. The van der Waals surface area contributed by atoms with Crippen LogP contribution >= 0.6 is 0 Å². The van der Waals surface area contributed by atoms with Gasteiger partial charge in [0, 0.05) is 44.4 Å². The predicted molar refractivity (Wildman–Crippen MR) is 241 cm³/mol. The lowest BCUT2D eigenvalue weighted by molar-refractivity contribution is 0.669. The Balaban J connectivity index is 1.21. The average Bonchev–Trinajstić information content (AvgIpc) is 3.81. The molecule has 0 fully saturated rings. The summed E-state index contributed by atoms with van der Waals surface area (Å²) in [5.74, 6) is 1.01. The van der Waals surface area contributed by atoms with Gasteiger partial charge >= 0.3 is 0 Å². The van der Waals surface area contributed by atoms with Crippen molar-refractivity contribution in [3.63, 3.8) is 0 Å². The Morgan fingerprint density at radius 3 is 2.04 bits per heavy atom. The number of fused-ring (bicyclic) bond motifs is 6. The number of hydrogen-bond donors (Lipinski definition) is 0. The van der Waals surface area contributed by atoms with E-state index in [1.54, 1.807) is 6.20 Å². The van der Waals surface area contributed by atoms with E-state index >= 15 is 0 Å². The van der Waals surface area contributed by atoms with E-state index in [0.29, 0.717) is 11.7 Å². The van der Waals surface area contributed by atoms with Gasteiger partial charge in [0.2, 0.25) is 0 Å². The van der Waals surface area contributed by atoms with E-state index in [-0.39, 0.29) is 0 Å². The van der Waals surface area contributed by atoms with Crippen molar-refractivity contribution in [3.8, 4) is 27.9 Å². The average molecular weight is 735 g/mol. The second-order valence-corrected chi connectivity index (χ2v) is 13.7. The highest BCUT2D eigenvalue weighted by Crippen LogP contribution is 2.39. The lowest BCUT2D eigenvalue weighted by Gasteiger charge is -2.16. The number of rotatable bonds is 8. The fraction of sp³-hybridized carbons (Fsp3) is 0.0192. The van der Waals surface area contributed by atoms with Crippen molar-refractivity contribution in [2.75, 3.05) is 0 Å². The van der Waals surface area contributed by atoms with Gasteiger partial charge in [-0.3, -0.25) is 0 Å². The van der Waals surface area contributed by atoms with Crippen molar-refractivity contribution in [2.45, 2.75) is 6.92 Å². The number of allylic oxidation sites excluding steroid dienone is 5. The normalized spacial score (nSPS) is 12.7. The van der Waals surface area contributed by atoms with Gasteiger partial charge in [-0.25, -0.2) is 15.0 Å². The Hall–Kier alpha value is -7.63. The topological polar surface area (TPSA) is 55.1 Å². The maximum absolute atomic E-state index is 6.27. The Morgan fingerprint density at radius 1 is 0.526 bits per heavy atom. The van der Waals surface area contributed by atoms with Crippen molar-refractivity contribution in [3.05, 3.63) is 211 Å². The zero-order chi connectivity index (χ0) is 38.6. The summed E-state index contributed by atoms with van der Waals surface area (Å²) in [4.78, 5) is 14.3. The number of aromatic nitrogens is 1. The van der Waals surface area contributed by atoms with Gasteiger partial charge in [-0.2, -0.15) is 0 Å². The Bertz CT molecular complexity index is 3090. The van der Waals surface area contributed by atoms with Gasteiger partial charge in [0.1, 0.15) is 11.2 Å². The lowest BCUT2D eigenvalue weighted by atomic mass is 10.00. The molecule has 0 saturated heterocycles. The minimum absolute atomic E-state index is 0.473. The molecule has 0 N–H and O–H groups in total. The van der Waals surface area contributed by atoms with E-state index in [2.05, 4.69) is 132 Å². The van der Waals surface area contributed by atoms with Crippen LogP contribution in [0.5, 0.6) is 0 Å². The SMILES string of the molecule is C=N\C(=N/C(=N\C=C/C=C\C=C\C)c1ccccc1)c1ccc(-c2ccccc2)c(-n2c3ccccc3c3cc(-c4ccc5c(c4)oc4ccccc45)ccc32)c1. The smallest absolute Gasteiger partial charge is 0.161 e. The van der Waals surface area contributed by atoms with Crippen LogP contribution in [0.4, 0.5) is 0 Å². The van der Waals surface area contributed by atoms with Gasteiger partial charge in [0.05, 0.1) is 16.7 Å². The predicted octanol–water partition coefficient (Wildman–Crippen LogP) is 13.6. The summed E-state index contributed by atoms with van der Waals surface area (Å²) < 4.78 is 8.63. The third kappa shape index (κ3) is 6.83. The second kappa shape index (κ2) is 15.6. The van der Waals surface area contributed by atoms with Crippen LogP contribution in [0.25, 0.3) is 71.7 Å². The van der Waals surface area contributed by atoms with E-state index in [9.17, 15) is 0 Å². The zero-order valence-electron chi connectivity index (χ0n) is 31.5. The molecule has 7 aromatic carbocycles. The van der Waals surface area contributed by atoms with Gasteiger partial charge in [-0.1, -0.05) is 146 Å². The van der Waals surface area contributed by atoms with E-state index in [4.69, 9.17) is 14.4 Å². The number of benzene rings is 7. The van der Waals surface area contributed by atoms with Gasteiger partial charge in [-0.05, 0) is 78.9 Å². The van der Waals surface area contributed by atoms with Crippen LogP contribution in [-0.4, -0.2) is 23.0 Å². The Morgan fingerprint density at radius 2 is 1.21 bits per heavy atom. The van der Waals surface area contributed by atoms with Gasteiger partial charge in [0.25, 0.3) is 0 Å². The maximum Gasteiger partial charge on any atom is 0.161 e. The molecule has 272 valence electrons. The summed E-state index contributed by atoms with van der Waals surface area (Å²) in [5.41, 5.74) is 11.1. The standard InChI is InChI=1S/C52H38N4O/c1-3-4-5-6-17-32-54-52(37-20-11-8-12-21-37)55-51(53-2)40-27-29-41(36-18-9-7-10-19-36)48(34-40)56-46-24-15-13-22-42(46)45-33-38(28-31-47(45)56)39-26-30-44-43-23-14-16-25-49(43)57-50(44)35-39/h3-35H,2H2,1H3/b4-3+,6-5-,32-17-,54-52-,55-51-. The highest BCUT2D eigenvalue weighted by molar-refractivity contribution is 6.14. The molecule has 9 aromatic rings. The summed E-state index contributed by atoms with van der Waals surface area (Å²) in [6.45, 7) is 5.96. The van der Waals surface area contributed by atoms with Gasteiger partial charge in [-0.15, -0.1) is 0 Å². The molecule has 0 bridgehead atoms. The van der Waals surface area contributed by atoms with E-state index < -0.39 is 0 Å². The molecule has 0 aliphatic heterocycles. The third-order valence-corrected chi connectivity index (χ3v) is 10.2. The number of amidine groups is 2. The molecule has 5 nitrogen and oxygen atoms in total. The molecule has 0 unspecified atom stereocenters. The molecule has 2 heterocycles. The summed E-state index contributed by atoms with van der Waals surface area (Å²) in [6, 6.07) is 56.9. The van der Waals surface area contributed by atoms with Crippen LogP contribution in [-0.2, 0) is 0 Å². The van der Waals surface area contributed by atoms with Crippen molar-refractivity contribution in [1.82, 2.24) is 4.57 Å². The molecular formula is C52H38N4O. The molecule has 0 aliphatic rings. The van der Waals surface area contributed by atoms with Crippen molar-refractivity contribution in [2.24, 2.45) is 15.0 Å². The molecule has 0 saturated carbocycles. The van der Waals surface area contributed by atoms with Crippen molar-refractivity contribution in [1.29, 1.82) is 0 Å². The molecular weight excluding hydrogens is 697 g/mol. The van der Waals surface area contributed by atoms with Gasteiger partial charge in [0.15, 0.2) is 11.7 Å². The molecule has 0 aliphatic carbocycles. The Kier molecular flexibility index (Phi) is 9.61. The number of aliphatic imine (C=N–C) groups is 3. The molecule has 0 spiro atoms. The number of para-hydroxylation sites is 2. The molecule has 5 heteroatoms. The van der Waals surface area contributed by atoms with Crippen LogP contribution in [0.15, 0.2) is 220 Å². The largest absolute Gasteiger partial charge is 0.456 e. The first kappa shape index (κ1) is 35.1. The molecule has 9 rings (SSSR count). The first-order chi connectivity index (χ1) is 28.2. The van der Waals surface area contributed by atoms with E-state index in [0.717, 1.165) is 82.8 Å². The molecule has 0 atom stereocenters. The first-order valence-corrected chi connectivity index (χ1v) is 19.0. The fourth-order valence-electron chi connectivity index (χ4n) is 7.48.